The molecule has 5 fully saturated rings. The van der Waals surface area contributed by atoms with E-state index in [1.807, 2.05) is 18.7 Å². The first-order valence-electron chi connectivity index (χ1n) is 7.19. The summed E-state index contributed by atoms with van der Waals surface area (Å²) in [7, 11) is 0. The molecule has 3 unspecified atom stereocenters. The smallest absolute Gasteiger partial charge is 0.333 e. The minimum atomic E-state index is -0.417. The molecule has 5 aliphatic rings. The van der Waals surface area contributed by atoms with Crippen LogP contribution in [-0.2, 0) is 19.1 Å². The van der Waals surface area contributed by atoms with Crippen molar-refractivity contribution >= 4 is 11.9 Å². The number of hydrogen-bond donors (Lipinski definition) is 0. The summed E-state index contributed by atoms with van der Waals surface area (Å²) in [6, 6.07) is -0.0215. The fourth-order valence-corrected chi connectivity index (χ4v) is 4.73. The van der Waals surface area contributed by atoms with Crippen LogP contribution in [0.2, 0.25) is 0 Å². The summed E-state index contributed by atoms with van der Waals surface area (Å²) in [5, 5.41) is 0. The maximum Gasteiger partial charge on any atom is 0.333 e. The molecule has 0 radical (unpaired) electrons. The van der Waals surface area contributed by atoms with Gasteiger partial charge in [0, 0.05) is 11.6 Å². The molecule has 5 heteroatoms. The third-order valence-electron chi connectivity index (χ3n) is 5.40. The Morgan fingerprint density at radius 3 is 2.70 bits per heavy atom. The van der Waals surface area contributed by atoms with Gasteiger partial charge in [-0.05, 0) is 33.6 Å². The van der Waals surface area contributed by atoms with Crippen LogP contribution in [0.4, 0.5) is 0 Å². The van der Waals surface area contributed by atoms with E-state index in [0.717, 1.165) is 0 Å². The lowest BCUT2D eigenvalue weighted by atomic mass is 9.53. The number of rotatable bonds is 3. The minimum Gasteiger partial charge on any atom is -0.454 e. The van der Waals surface area contributed by atoms with Crippen molar-refractivity contribution in [1.82, 2.24) is 4.90 Å². The highest BCUT2D eigenvalue weighted by Gasteiger charge is 2.88. The van der Waals surface area contributed by atoms with E-state index < -0.39 is 5.60 Å². The predicted molar refractivity (Wildman–Crippen MR) is 69.7 cm³/mol. The Labute approximate surface area is 117 Å². The van der Waals surface area contributed by atoms with E-state index in [-0.39, 0.29) is 41.6 Å². The van der Waals surface area contributed by atoms with Gasteiger partial charge in [-0.3, -0.25) is 4.79 Å². The van der Waals surface area contributed by atoms with Crippen LogP contribution in [0.15, 0.2) is 12.2 Å². The van der Waals surface area contributed by atoms with Crippen LogP contribution in [0.5, 0.6) is 0 Å². The minimum absolute atomic E-state index is 0.0958. The zero-order valence-electron chi connectivity index (χ0n) is 12.0. The van der Waals surface area contributed by atoms with Crippen LogP contribution in [-0.4, -0.2) is 46.7 Å². The topological polar surface area (TPSA) is 55.8 Å². The first-order valence-corrected chi connectivity index (χ1v) is 7.19. The molecule has 3 bridgehead atoms. The van der Waals surface area contributed by atoms with Crippen LogP contribution in [0, 0.1) is 5.41 Å². The lowest BCUT2D eigenvalue weighted by molar-refractivity contribution is -0.162. The largest absolute Gasteiger partial charge is 0.454 e. The first-order chi connectivity index (χ1) is 9.32. The zero-order chi connectivity index (χ0) is 14.4. The average molecular weight is 277 g/mol. The van der Waals surface area contributed by atoms with E-state index in [1.165, 1.54) is 0 Å². The summed E-state index contributed by atoms with van der Waals surface area (Å²) in [6.45, 7) is 9.26. The van der Waals surface area contributed by atoms with E-state index >= 15 is 0 Å². The van der Waals surface area contributed by atoms with Crippen LogP contribution in [0.3, 0.4) is 0 Å². The van der Waals surface area contributed by atoms with Gasteiger partial charge in [-0.2, -0.15) is 0 Å². The molecule has 5 rings (SSSR count). The van der Waals surface area contributed by atoms with Gasteiger partial charge in [0.05, 0.1) is 17.6 Å². The SMILES string of the molecule is C=C(C)C(=O)OC1C2C3OC14CC3(C4)C(=O)N2C(C)C. The van der Waals surface area contributed by atoms with Crippen LogP contribution < -0.4 is 0 Å². The molecule has 4 heterocycles. The average Bonchev–Trinajstić information content (AvgIpc) is 2.93. The number of esters is 1. The molecule has 0 N–H and O–H groups in total. The third kappa shape index (κ3) is 1.07. The van der Waals surface area contributed by atoms with Crippen LogP contribution in [0.25, 0.3) is 0 Å². The maximum absolute atomic E-state index is 12.7. The molecule has 5 nitrogen and oxygen atoms in total. The van der Waals surface area contributed by atoms with Crippen molar-refractivity contribution in [1.29, 1.82) is 0 Å². The van der Waals surface area contributed by atoms with Crippen molar-refractivity contribution < 1.29 is 19.1 Å². The number of ether oxygens (including phenoxy) is 2. The Morgan fingerprint density at radius 2 is 2.15 bits per heavy atom. The molecule has 20 heavy (non-hydrogen) atoms. The van der Waals surface area contributed by atoms with E-state index in [0.29, 0.717) is 18.4 Å². The van der Waals surface area contributed by atoms with Gasteiger partial charge in [0.25, 0.3) is 0 Å². The van der Waals surface area contributed by atoms with Crippen molar-refractivity contribution in [2.24, 2.45) is 5.41 Å². The maximum atomic E-state index is 12.7. The second kappa shape index (κ2) is 3.27. The number of carbonyl (C=O) groups excluding carboxylic acids is 2. The van der Waals surface area contributed by atoms with E-state index in [2.05, 4.69) is 6.58 Å². The monoisotopic (exact) mass is 277 g/mol. The van der Waals surface area contributed by atoms with Crippen molar-refractivity contribution in [3.8, 4) is 0 Å². The molecule has 0 aromatic heterocycles. The van der Waals surface area contributed by atoms with Crippen molar-refractivity contribution in [3.63, 3.8) is 0 Å². The quantitative estimate of drug-likeness (QED) is 0.571. The fourth-order valence-electron chi connectivity index (χ4n) is 4.73. The number of hydrogen-bond acceptors (Lipinski definition) is 4. The van der Waals surface area contributed by atoms with Crippen molar-refractivity contribution in [2.75, 3.05) is 0 Å². The highest BCUT2D eigenvalue weighted by atomic mass is 16.6. The summed E-state index contributed by atoms with van der Waals surface area (Å²) >= 11 is 0. The molecule has 0 aromatic rings. The van der Waals surface area contributed by atoms with E-state index in [9.17, 15) is 9.59 Å². The molecular weight excluding hydrogens is 258 g/mol. The number of carbonyl (C=O) groups is 2. The molecule has 4 saturated heterocycles. The Bertz CT molecular complexity index is 546. The van der Waals surface area contributed by atoms with Gasteiger partial charge in [-0.25, -0.2) is 4.79 Å². The molecular formula is C15H19NO4. The van der Waals surface area contributed by atoms with Crippen LogP contribution >= 0.6 is 0 Å². The standard InChI is InChI=1S/C15H19NO4/c1-7(2)12(17)19-11-9-10-14(5-15(11,6-14)20-10)13(18)16(9)8(3)4/h8-11H,1,5-6H2,2-4H3. The molecule has 1 amide bonds. The van der Waals surface area contributed by atoms with Gasteiger partial charge in [0.1, 0.15) is 5.60 Å². The normalized spacial score (nSPS) is 46.9. The Hall–Kier alpha value is -1.36. The Balaban J connectivity index is 1.71. The summed E-state index contributed by atoms with van der Waals surface area (Å²) in [5.74, 6) is -0.203. The van der Waals surface area contributed by atoms with Gasteiger partial charge in [-0.15, -0.1) is 0 Å². The lowest BCUT2D eigenvalue weighted by Crippen LogP contribution is -2.61. The van der Waals surface area contributed by atoms with E-state index in [1.54, 1.807) is 6.92 Å². The second-order valence-corrected chi connectivity index (χ2v) is 7.02. The van der Waals surface area contributed by atoms with Gasteiger partial charge >= 0.3 is 5.97 Å². The molecule has 2 spiro atoms. The molecule has 108 valence electrons. The molecule has 0 aromatic carbocycles. The predicted octanol–water partition coefficient (Wildman–Crippen LogP) is 1.02. The molecule has 1 saturated carbocycles. The summed E-state index contributed by atoms with van der Waals surface area (Å²) in [4.78, 5) is 26.4. The highest BCUT2D eigenvalue weighted by Crippen LogP contribution is 2.74. The highest BCUT2D eigenvalue weighted by molar-refractivity contribution is 5.92. The fraction of sp³-hybridized carbons (Fsp3) is 0.733. The van der Waals surface area contributed by atoms with Crippen LogP contribution in [0.1, 0.15) is 33.6 Å². The Morgan fingerprint density at radius 1 is 1.50 bits per heavy atom. The van der Waals surface area contributed by atoms with E-state index in [4.69, 9.17) is 9.47 Å². The number of nitrogens with zero attached hydrogens (tertiary/aromatic N) is 1. The first kappa shape index (κ1) is 12.4. The molecule has 4 aliphatic heterocycles. The second-order valence-electron chi connectivity index (χ2n) is 7.02. The van der Waals surface area contributed by atoms with Gasteiger partial charge in [0.2, 0.25) is 5.91 Å². The number of likely N-dealkylation sites (tertiary alicyclic amines) is 1. The number of amides is 1. The van der Waals surface area contributed by atoms with Crippen molar-refractivity contribution in [3.05, 3.63) is 12.2 Å². The van der Waals surface area contributed by atoms with Gasteiger partial charge < -0.3 is 14.4 Å². The molecule has 1 aliphatic carbocycles. The molecule has 3 atom stereocenters. The summed E-state index contributed by atoms with van der Waals surface area (Å²) in [5.41, 5.74) is -0.351. The van der Waals surface area contributed by atoms with Gasteiger partial charge in [-0.1, -0.05) is 6.58 Å². The third-order valence-corrected chi connectivity index (χ3v) is 5.40. The summed E-state index contributed by atoms with van der Waals surface area (Å²) < 4.78 is 11.7. The van der Waals surface area contributed by atoms with Crippen molar-refractivity contribution in [2.45, 2.75) is 63.5 Å². The summed E-state index contributed by atoms with van der Waals surface area (Å²) in [6.07, 6.45) is 0.974. The Kier molecular flexibility index (Phi) is 2.03. The zero-order valence-corrected chi connectivity index (χ0v) is 12.0. The lowest BCUT2D eigenvalue weighted by Gasteiger charge is -2.47. The van der Waals surface area contributed by atoms with Gasteiger partial charge in [0.15, 0.2) is 6.10 Å².